The first-order valence-electron chi connectivity index (χ1n) is 8.52. The average Bonchev–Trinajstić information content (AvgIpc) is 2.65. The summed E-state index contributed by atoms with van der Waals surface area (Å²) < 4.78 is 5.63. The first-order valence-corrected chi connectivity index (χ1v) is 8.52. The number of rotatable bonds is 6. The highest BCUT2D eigenvalue weighted by Gasteiger charge is 2.06. The van der Waals surface area contributed by atoms with Crippen LogP contribution in [-0.2, 0) is 4.79 Å². The number of amides is 1. The van der Waals surface area contributed by atoms with Gasteiger partial charge in [-0.15, -0.1) is 0 Å². The third kappa shape index (κ3) is 4.86. The monoisotopic (exact) mass is 346 g/mol. The molecule has 0 aliphatic carbocycles. The lowest BCUT2D eigenvalue weighted by Gasteiger charge is -2.11. The summed E-state index contributed by atoms with van der Waals surface area (Å²) in [7, 11) is 0. The van der Waals surface area contributed by atoms with Crippen molar-refractivity contribution in [2.45, 2.75) is 13.8 Å². The van der Waals surface area contributed by atoms with E-state index in [1.165, 1.54) is 0 Å². The molecule has 0 saturated carbocycles. The zero-order valence-electron chi connectivity index (χ0n) is 15.0. The minimum atomic E-state index is -0.185. The van der Waals surface area contributed by atoms with E-state index in [1.807, 2.05) is 86.6 Å². The molecule has 0 fully saturated rings. The smallest absolute Gasteiger partial charge is 0.262 e. The number of aryl methyl sites for hydroxylation is 2. The molecule has 0 unspecified atom stereocenters. The van der Waals surface area contributed by atoms with Gasteiger partial charge in [0.2, 0.25) is 0 Å². The van der Waals surface area contributed by atoms with Gasteiger partial charge in [0.1, 0.15) is 5.75 Å². The Hall–Kier alpha value is -3.27. The second kappa shape index (κ2) is 8.21. The maximum absolute atomic E-state index is 12.1. The molecule has 3 aromatic rings. The average molecular weight is 346 g/mol. The molecule has 0 spiro atoms. The molecule has 3 rings (SSSR count). The molecule has 0 atom stereocenters. The lowest BCUT2D eigenvalue weighted by atomic mass is 10.1. The van der Waals surface area contributed by atoms with Crippen molar-refractivity contribution in [2.75, 3.05) is 17.2 Å². The Morgan fingerprint density at radius 2 is 1.50 bits per heavy atom. The van der Waals surface area contributed by atoms with Crippen molar-refractivity contribution >= 4 is 23.0 Å². The number of nitrogens with one attached hydrogen (secondary N) is 2. The first kappa shape index (κ1) is 17.5. The molecule has 1 amide bonds. The highest BCUT2D eigenvalue weighted by molar-refractivity contribution is 5.92. The molecular formula is C22H22N2O2. The summed E-state index contributed by atoms with van der Waals surface area (Å²) in [4.78, 5) is 12.1. The third-order valence-electron chi connectivity index (χ3n) is 3.93. The highest BCUT2D eigenvalue weighted by atomic mass is 16.5. The van der Waals surface area contributed by atoms with Crippen molar-refractivity contribution in [2.24, 2.45) is 0 Å². The van der Waals surface area contributed by atoms with Crippen LogP contribution >= 0.6 is 0 Å². The van der Waals surface area contributed by atoms with Gasteiger partial charge in [0.05, 0.1) is 0 Å². The third-order valence-corrected chi connectivity index (χ3v) is 3.93. The zero-order chi connectivity index (χ0) is 18.4. The molecule has 4 nitrogen and oxygen atoms in total. The number of carbonyl (C=O) groups excluding carboxylic acids is 1. The van der Waals surface area contributed by atoms with E-state index in [9.17, 15) is 4.79 Å². The van der Waals surface area contributed by atoms with Crippen LogP contribution in [0.2, 0.25) is 0 Å². The quantitative estimate of drug-likeness (QED) is 0.655. The van der Waals surface area contributed by atoms with E-state index in [4.69, 9.17) is 4.74 Å². The predicted octanol–water partition coefficient (Wildman–Crippen LogP) is 5.06. The number of benzene rings is 3. The van der Waals surface area contributed by atoms with Crippen molar-refractivity contribution in [3.63, 3.8) is 0 Å². The Morgan fingerprint density at radius 3 is 2.23 bits per heavy atom. The van der Waals surface area contributed by atoms with Crippen LogP contribution in [0, 0.1) is 13.8 Å². The van der Waals surface area contributed by atoms with Crippen LogP contribution in [-0.4, -0.2) is 12.5 Å². The van der Waals surface area contributed by atoms with Gasteiger partial charge in [-0.3, -0.25) is 4.79 Å². The molecule has 3 aromatic carbocycles. The van der Waals surface area contributed by atoms with Gasteiger partial charge in [-0.2, -0.15) is 0 Å². The number of hydrogen-bond acceptors (Lipinski definition) is 3. The van der Waals surface area contributed by atoms with Gasteiger partial charge in [-0.05, 0) is 67.4 Å². The Kier molecular flexibility index (Phi) is 5.54. The molecule has 0 radical (unpaired) electrons. The molecule has 0 heterocycles. The van der Waals surface area contributed by atoms with E-state index in [2.05, 4.69) is 10.6 Å². The number of ether oxygens (including phenoxy) is 1. The lowest BCUT2D eigenvalue weighted by Crippen LogP contribution is -2.20. The van der Waals surface area contributed by atoms with E-state index in [1.54, 1.807) is 0 Å². The van der Waals surface area contributed by atoms with Crippen LogP contribution in [0.1, 0.15) is 11.1 Å². The van der Waals surface area contributed by atoms with Crippen molar-refractivity contribution in [3.8, 4) is 5.75 Å². The van der Waals surface area contributed by atoms with Crippen LogP contribution in [0.4, 0.5) is 17.1 Å². The van der Waals surface area contributed by atoms with E-state index in [-0.39, 0.29) is 12.5 Å². The van der Waals surface area contributed by atoms with Crippen LogP contribution in [0.3, 0.4) is 0 Å². The highest BCUT2D eigenvalue weighted by Crippen LogP contribution is 2.20. The topological polar surface area (TPSA) is 50.4 Å². The number of carbonyl (C=O) groups is 1. The minimum absolute atomic E-state index is 0.0195. The summed E-state index contributed by atoms with van der Waals surface area (Å²) in [5.41, 5.74) is 4.83. The molecule has 0 bridgehead atoms. The maximum Gasteiger partial charge on any atom is 0.262 e. The van der Waals surface area contributed by atoms with E-state index in [0.717, 1.165) is 33.9 Å². The van der Waals surface area contributed by atoms with Gasteiger partial charge in [0.15, 0.2) is 6.61 Å². The number of para-hydroxylation sites is 1. The van der Waals surface area contributed by atoms with Gasteiger partial charge in [0, 0.05) is 17.1 Å². The van der Waals surface area contributed by atoms with Gasteiger partial charge >= 0.3 is 0 Å². The first-order chi connectivity index (χ1) is 12.6. The summed E-state index contributed by atoms with van der Waals surface area (Å²) >= 11 is 0. The van der Waals surface area contributed by atoms with Crippen molar-refractivity contribution in [1.29, 1.82) is 0 Å². The molecule has 0 aromatic heterocycles. The summed E-state index contributed by atoms with van der Waals surface area (Å²) in [6, 6.07) is 23.5. The number of hydrogen-bond donors (Lipinski definition) is 2. The molecule has 26 heavy (non-hydrogen) atoms. The van der Waals surface area contributed by atoms with E-state index < -0.39 is 0 Å². The summed E-state index contributed by atoms with van der Waals surface area (Å²) in [6.07, 6.45) is 0. The Balaban J connectivity index is 1.53. The van der Waals surface area contributed by atoms with Crippen LogP contribution in [0.15, 0.2) is 72.8 Å². The molecular weight excluding hydrogens is 324 g/mol. The molecule has 132 valence electrons. The van der Waals surface area contributed by atoms with Crippen molar-refractivity contribution < 1.29 is 9.53 Å². The minimum Gasteiger partial charge on any atom is -0.483 e. The molecule has 4 heteroatoms. The van der Waals surface area contributed by atoms with Gasteiger partial charge in [-0.25, -0.2) is 0 Å². The molecule has 0 aliphatic heterocycles. The van der Waals surface area contributed by atoms with Gasteiger partial charge < -0.3 is 15.4 Å². The maximum atomic E-state index is 12.1. The predicted molar refractivity (Wildman–Crippen MR) is 106 cm³/mol. The molecule has 0 saturated heterocycles. The standard InChI is InChI=1S/C22H22N2O2/c1-16-8-9-17(2)21(14-16)26-15-22(25)24-20-12-10-19(11-13-20)23-18-6-4-3-5-7-18/h3-14,23H,15H2,1-2H3,(H,24,25). The fourth-order valence-electron chi connectivity index (χ4n) is 2.53. The summed E-state index contributed by atoms with van der Waals surface area (Å²) in [5, 5.41) is 6.15. The largest absolute Gasteiger partial charge is 0.483 e. The second-order valence-electron chi connectivity index (χ2n) is 6.17. The summed E-state index contributed by atoms with van der Waals surface area (Å²) in [6.45, 7) is 3.94. The fourth-order valence-corrected chi connectivity index (χ4v) is 2.53. The number of anilines is 3. The molecule has 2 N–H and O–H groups in total. The van der Waals surface area contributed by atoms with Crippen LogP contribution in [0.5, 0.6) is 5.75 Å². The van der Waals surface area contributed by atoms with E-state index >= 15 is 0 Å². The Morgan fingerprint density at radius 1 is 0.846 bits per heavy atom. The normalized spacial score (nSPS) is 10.2. The van der Waals surface area contributed by atoms with Crippen LogP contribution in [0.25, 0.3) is 0 Å². The van der Waals surface area contributed by atoms with Gasteiger partial charge in [0.25, 0.3) is 5.91 Å². The molecule has 0 aliphatic rings. The fraction of sp³-hybridized carbons (Fsp3) is 0.136. The zero-order valence-corrected chi connectivity index (χ0v) is 15.0. The SMILES string of the molecule is Cc1ccc(C)c(OCC(=O)Nc2ccc(Nc3ccccc3)cc2)c1. The summed E-state index contributed by atoms with van der Waals surface area (Å²) in [5.74, 6) is 0.553. The van der Waals surface area contributed by atoms with Crippen LogP contribution < -0.4 is 15.4 Å². The lowest BCUT2D eigenvalue weighted by molar-refractivity contribution is -0.118. The van der Waals surface area contributed by atoms with E-state index in [0.29, 0.717) is 0 Å². The Bertz CT molecular complexity index is 874. The van der Waals surface area contributed by atoms with Crippen molar-refractivity contribution in [1.82, 2.24) is 0 Å². The van der Waals surface area contributed by atoms with Crippen molar-refractivity contribution in [3.05, 3.63) is 83.9 Å². The Labute approximate surface area is 153 Å². The second-order valence-corrected chi connectivity index (χ2v) is 6.17. The van der Waals surface area contributed by atoms with Gasteiger partial charge in [-0.1, -0.05) is 30.3 Å².